The largest absolute Gasteiger partial charge is 0.463 e. The molecule has 2 aromatic heterocycles. The number of ether oxygens (including phenoxy) is 5. The van der Waals surface area contributed by atoms with E-state index in [9.17, 15) is 24.0 Å². The molecule has 0 aliphatic carbocycles. The Morgan fingerprint density at radius 3 is 2.27 bits per heavy atom. The number of hydrogen-bond acceptors (Lipinski definition) is 12. The van der Waals surface area contributed by atoms with Crippen LogP contribution in [0.1, 0.15) is 27.0 Å². The molecular formula is C24H35N5O10Si. The third-order valence-corrected chi connectivity index (χ3v) is 7.58. The molecule has 220 valence electrons. The molecule has 4 atom stereocenters. The molecule has 0 saturated carbocycles. The van der Waals surface area contributed by atoms with Gasteiger partial charge in [0.05, 0.1) is 12.9 Å². The van der Waals surface area contributed by atoms with E-state index < -0.39 is 62.2 Å². The zero-order valence-electron chi connectivity index (χ0n) is 23.4. The molecule has 40 heavy (non-hydrogen) atoms. The van der Waals surface area contributed by atoms with Crippen molar-refractivity contribution in [1.82, 2.24) is 24.4 Å². The number of aromatic nitrogens is 4. The maximum Gasteiger partial charge on any atom is 0.407 e. The second-order valence-electron chi connectivity index (χ2n) is 10.5. The van der Waals surface area contributed by atoms with E-state index in [-0.39, 0.29) is 30.9 Å². The number of carbonyl (C=O) groups is 4. The Kier molecular flexibility index (Phi) is 10.0. The number of nitrogens with one attached hydrogen (secondary N) is 1. The molecule has 0 unspecified atom stereocenters. The fourth-order valence-electron chi connectivity index (χ4n) is 3.99. The van der Waals surface area contributed by atoms with Crippen LogP contribution in [0.4, 0.5) is 4.79 Å². The van der Waals surface area contributed by atoms with Crippen LogP contribution in [0.5, 0.6) is 0 Å². The van der Waals surface area contributed by atoms with Crippen molar-refractivity contribution in [2.75, 3.05) is 19.8 Å². The quantitative estimate of drug-likeness (QED) is 0.226. The smallest absolute Gasteiger partial charge is 0.407 e. The number of fused-ring (bicyclic) bond motifs is 1. The minimum absolute atomic E-state index is 0.00198. The van der Waals surface area contributed by atoms with E-state index in [4.69, 9.17) is 23.7 Å². The van der Waals surface area contributed by atoms with Gasteiger partial charge in [0.25, 0.3) is 5.56 Å². The first kappa shape index (κ1) is 30.7. The first-order valence-electron chi connectivity index (χ1n) is 12.7. The van der Waals surface area contributed by atoms with Gasteiger partial charge in [-0.3, -0.25) is 28.3 Å². The number of nitrogens with zero attached hydrogens (tertiary/aromatic N) is 4. The highest BCUT2D eigenvalue weighted by Gasteiger charge is 2.51. The third kappa shape index (κ3) is 8.11. The van der Waals surface area contributed by atoms with Gasteiger partial charge in [-0.1, -0.05) is 19.6 Å². The first-order chi connectivity index (χ1) is 18.8. The number of esters is 3. The van der Waals surface area contributed by atoms with Crippen LogP contribution >= 0.6 is 0 Å². The van der Waals surface area contributed by atoms with Crippen LogP contribution in [-0.4, -0.2) is 89.2 Å². The van der Waals surface area contributed by atoms with E-state index in [1.54, 1.807) is 0 Å². The van der Waals surface area contributed by atoms with E-state index in [0.717, 1.165) is 6.04 Å². The SMILES string of the molecule is CC(=O)OC[C@H]1O[C@@H](n2cnc3c(=O)n(CCNC(=O)OCC[Si](C)(C)C)cnc32)[C@H](OC(C)=O)[C@@H]1OC(C)=O. The lowest BCUT2D eigenvalue weighted by Gasteiger charge is -2.23. The summed E-state index contributed by atoms with van der Waals surface area (Å²) in [5.41, 5.74) is -0.359. The molecule has 1 aliphatic rings. The Labute approximate surface area is 231 Å². The predicted molar refractivity (Wildman–Crippen MR) is 141 cm³/mol. The molecule has 0 aromatic carbocycles. The van der Waals surface area contributed by atoms with Crippen molar-refractivity contribution in [3.05, 3.63) is 23.0 Å². The van der Waals surface area contributed by atoms with Gasteiger partial charge in [-0.25, -0.2) is 14.8 Å². The second-order valence-corrected chi connectivity index (χ2v) is 16.1. The number of carbonyl (C=O) groups excluding carboxylic acids is 4. The number of alkyl carbamates (subject to hydrolysis) is 1. The summed E-state index contributed by atoms with van der Waals surface area (Å²) in [4.78, 5) is 68.6. The van der Waals surface area contributed by atoms with Gasteiger partial charge in [0.2, 0.25) is 0 Å². The van der Waals surface area contributed by atoms with Crippen molar-refractivity contribution in [3.63, 3.8) is 0 Å². The van der Waals surface area contributed by atoms with Gasteiger partial charge >= 0.3 is 24.0 Å². The normalized spacial score (nSPS) is 20.6. The van der Waals surface area contributed by atoms with Crippen molar-refractivity contribution < 1.29 is 42.9 Å². The van der Waals surface area contributed by atoms with Crippen LogP contribution in [0, 0.1) is 0 Å². The van der Waals surface area contributed by atoms with E-state index in [0.29, 0.717) is 6.61 Å². The second kappa shape index (κ2) is 13.0. The average Bonchev–Trinajstić information content (AvgIpc) is 3.40. The highest BCUT2D eigenvalue weighted by Crippen LogP contribution is 2.35. The summed E-state index contributed by atoms with van der Waals surface area (Å²) in [5.74, 6) is -1.92. The zero-order valence-corrected chi connectivity index (χ0v) is 24.4. The lowest BCUT2D eigenvalue weighted by atomic mass is 10.1. The van der Waals surface area contributed by atoms with Crippen molar-refractivity contribution in [3.8, 4) is 0 Å². The first-order valence-corrected chi connectivity index (χ1v) is 16.4. The topological polar surface area (TPSA) is 179 Å². The predicted octanol–water partition coefficient (Wildman–Crippen LogP) is 0.981. The molecule has 16 heteroatoms. The molecule has 3 heterocycles. The van der Waals surface area contributed by atoms with Crippen LogP contribution in [-0.2, 0) is 44.6 Å². The standard InChI is InChI=1S/C24H35N5O10Si/c1-14(30)36-11-17-19(37-15(2)31)20(38-16(3)32)23(39-17)29-13-26-18-21(29)27-12-28(22(18)33)8-7-25-24(34)35-9-10-40(4,5)6/h12-13,17,19-20,23H,7-11H2,1-6H3,(H,25,34)/t17-,19-,20-,23-/m1/s1. The van der Waals surface area contributed by atoms with Crippen LogP contribution in [0.15, 0.2) is 17.4 Å². The Balaban J connectivity index is 1.78. The molecule has 1 fully saturated rings. The maximum absolute atomic E-state index is 13.1. The van der Waals surface area contributed by atoms with Gasteiger partial charge in [-0.05, 0) is 6.04 Å². The highest BCUT2D eigenvalue weighted by atomic mass is 28.3. The van der Waals surface area contributed by atoms with Gasteiger partial charge in [0, 0.05) is 41.9 Å². The van der Waals surface area contributed by atoms with Gasteiger partial charge < -0.3 is 29.0 Å². The Morgan fingerprint density at radius 1 is 0.975 bits per heavy atom. The molecule has 15 nitrogen and oxygen atoms in total. The molecule has 0 bridgehead atoms. The summed E-state index contributed by atoms with van der Waals surface area (Å²) < 4.78 is 29.7. The van der Waals surface area contributed by atoms with Crippen molar-refractivity contribution >= 4 is 43.2 Å². The lowest BCUT2D eigenvalue weighted by molar-refractivity contribution is -0.166. The van der Waals surface area contributed by atoms with E-state index in [1.807, 2.05) is 0 Å². The number of rotatable bonds is 11. The molecule has 0 radical (unpaired) electrons. The van der Waals surface area contributed by atoms with Crippen molar-refractivity contribution in [2.45, 2.75) is 77.5 Å². The zero-order chi connectivity index (χ0) is 29.6. The highest BCUT2D eigenvalue weighted by molar-refractivity contribution is 6.76. The minimum atomic E-state index is -1.33. The Morgan fingerprint density at radius 2 is 1.65 bits per heavy atom. The summed E-state index contributed by atoms with van der Waals surface area (Å²) in [7, 11) is -1.33. The van der Waals surface area contributed by atoms with Crippen LogP contribution in [0.2, 0.25) is 25.7 Å². The van der Waals surface area contributed by atoms with E-state index in [2.05, 4.69) is 34.9 Å². The van der Waals surface area contributed by atoms with Gasteiger partial charge in [-0.2, -0.15) is 0 Å². The monoisotopic (exact) mass is 581 g/mol. The summed E-state index contributed by atoms with van der Waals surface area (Å²) in [5, 5.41) is 2.61. The molecule has 3 rings (SSSR count). The number of amides is 1. The molecule has 0 spiro atoms. The molecule has 1 N–H and O–H groups in total. The van der Waals surface area contributed by atoms with Crippen LogP contribution < -0.4 is 10.9 Å². The Hall–Kier alpha value is -3.79. The van der Waals surface area contributed by atoms with Crippen molar-refractivity contribution in [1.29, 1.82) is 0 Å². The molecule has 2 aromatic rings. The molecular weight excluding hydrogens is 546 g/mol. The summed E-state index contributed by atoms with van der Waals surface area (Å²) in [6.07, 6.45) is -2.33. The number of hydrogen-bond donors (Lipinski definition) is 1. The Bertz CT molecular complexity index is 1300. The van der Waals surface area contributed by atoms with Crippen LogP contribution in [0.3, 0.4) is 0 Å². The maximum atomic E-state index is 13.1. The summed E-state index contributed by atoms with van der Waals surface area (Å²) >= 11 is 0. The van der Waals surface area contributed by atoms with E-state index >= 15 is 0 Å². The fraction of sp³-hybridized carbons (Fsp3) is 0.625. The third-order valence-electron chi connectivity index (χ3n) is 5.87. The van der Waals surface area contributed by atoms with E-state index in [1.165, 1.54) is 42.6 Å². The summed E-state index contributed by atoms with van der Waals surface area (Å²) in [6, 6.07) is 0.846. The minimum Gasteiger partial charge on any atom is -0.463 e. The number of imidazole rings is 1. The molecule has 1 saturated heterocycles. The van der Waals surface area contributed by atoms with Gasteiger partial charge in [0.15, 0.2) is 29.6 Å². The van der Waals surface area contributed by atoms with Crippen molar-refractivity contribution in [2.24, 2.45) is 0 Å². The van der Waals surface area contributed by atoms with Crippen LogP contribution in [0.25, 0.3) is 11.2 Å². The molecule has 1 aliphatic heterocycles. The fourth-order valence-corrected chi connectivity index (χ4v) is 4.70. The van der Waals surface area contributed by atoms with Gasteiger partial charge in [0.1, 0.15) is 19.0 Å². The molecule has 1 amide bonds. The van der Waals surface area contributed by atoms with Gasteiger partial charge in [-0.15, -0.1) is 0 Å². The lowest BCUT2D eigenvalue weighted by Crippen LogP contribution is -2.40. The summed E-state index contributed by atoms with van der Waals surface area (Å²) in [6.45, 7) is 10.4. The average molecular weight is 582 g/mol.